The molecule has 2 aromatic heterocycles. The van der Waals surface area contributed by atoms with E-state index in [2.05, 4.69) is 33.5 Å². The Morgan fingerprint density at radius 2 is 1.83 bits per heavy atom. The molecule has 2 heterocycles. The quantitative estimate of drug-likeness (QED) is 0.475. The number of aromatic amines is 1. The highest BCUT2D eigenvalue weighted by Gasteiger charge is 2.13. The number of hydrogen-bond donors (Lipinski definition) is 2. The lowest BCUT2D eigenvalue weighted by Gasteiger charge is -2.16. The zero-order chi connectivity index (χ0) is 21.1. The molecular weight excluding hydrogens is 378 g/mol. The van der Waals surface area contributed by atoms with E-state index in [4.69, 9.17) is 9.47 Å². The van der Waals surface area contributed by atoms with Crippen LogP contribution >= 0.6 is 0 Å². The van der Waals surface area contributed by atoms with Gasteiger partial charge in [0.05, 0.1) is 32.0 Å². The molecule has 0 saturated heterocycles. The van der Waals surface area contributed by atoms with E-state index in [0.717, 1.165) is 27.7 Å². The SMILES string of the molecule is COc1ccc(C(C)NC(=O)CCc2cc3c(cn2)[nH]c2ccccc23)cc1OC. The topological polar surface area (TPSA) is 76.2 Å². The highest BCUT2D eigenvalue weighted by Crippen LogP contribution is 2.30. The Kier molecular flexibility index (Phi) is 5.57. The third-order valence-corrected chi connectivity index (χ3v) is 5.34. The number of nitrogens with one attached hydrogen (secondary N) is 2. The van der Waals surface area contributed by atoms with Crippen molar-refractivity contribution in [3.05, 3.63) is 66.0 Å². The van der Waals surface area contributed by atoms with Crippen LogP contribution in [0.4, 0.5) is 0 Å². The predicted octanol–water partition coefficient (Wildman–Crippen LogP) is 4.54. The van der Waals surface area contributed by atoms with E-state index in [0.29, 0.717) is 24.3 Å². The number of benzene rings is 2. The van der Waals surface area contributed by atoms with Crippen molar-refractivity contribution in [2.24, 2.45) is 0 Å². The molecule has 0 aliphatic heterocycles. The number of fused-ring (bicyclic) bond motifs is 3. The lowest BCUT2D eigenvalue weighted by Crippen LogP contribution is -2.26. The standard InChI is InChI=1S/C24H25N3O3/c1-15(16-8-10-22(29-2)23(12-16)30-3)26-24(28)11-9-17-13-19-18-6-4-5-7-20(18)27-21(19)14-25-17/h4-8,10,12-15,27H,9,11H2,1-3H3,(H,26,28). The van der Waals surface area contributed by atoms with Gasteiger partial charge in [-0.2, -0.15) is 0 Å². The van der Waals surface area contributed by atoms with Gasteiger partial charge in [-0.3, -0.25) is 9.78 Å². The molecule has 6 nitrogen and oxygen atoms in total. The molecule has 1 amide bonds. The second kappa shape index (κ2) is 8.45. The number of aromatic nitrogens is 2. The smallest absolute Gasteiger partial charge is 0.220 e. The first-order valence-electron chi connectivity index (χ1n) is 9.95. The van der Waals surface area contributed by atoms with E-state index in [9.17, 15) is 4.79 Å². The van der Waals surface area contributed by atoms with Crippen LogP contribution in [0.5, 0.6) is 11.5 Å². The van der Waals surface area contributed by atoms with Crippen molar-refractivity contribution in [1.29, 1.82) is 0 Å². The van der Waals surface area contributed by atoms with E-state index in [1.807, 2.05) is 43.5 Å². The Hall–Kier alpha value is -3.54. The second-order valence-electron chi connectivity index (χ2n) is 7.30. The van der Waals surface area contributed by atoms with E-state index in [1.54, 1.807) is 14.2 Å². The summed E-state index contributed by atoms with van der Waals surface area (Å²) >= 11 is 0. The van der Waals surface area contributed by atoms with Gasteiger partial charge in [0.1, 0.15) is 0 Å². The van der Waals surface area contributed by atoms with Gasteiger partial charge in [0.2, 0.25) is 5.91 Å². The first-order chi connectivity index (χ1) is 14.6. The lowest BCUT2D eigenvalue weighted by atomic mass is 10.1. The molecule has 2 aromatic carbocycles. The van der Waals surface area contributed by atoms with Crippen LogP contribution in [0.2, 0.25) is 0 Å². The number of amides is 1. The summed E-state index contributed by atoms with van der Waals surface area (Å²) in [5.41, 5.74) is 3.96. The van der Waals surface area contributed by atoms with Crippen LogP contribution in [0.3, 0.4) is 0 Å². The molecule has 0 saturated carbocycles. The average molecular weight is 403 g/mol. The Bertz CT molecular complexity index is 1200. The Morgan fingerprint density at radius 1 is 1.03 bits per heavy atom. The van der Waals surface area contributed by atoms with Gasteiger partial charge in [-0.1, -0.05) is 24.3 Å². The zero-order valence-electron chi connectivity index (χ0n) is 17.4. The molecular formula is C24H25N3O3. The molecule has 4 rings (SSSR count). The molecule has 0 aliphatic rings. The number of methoxy groups -OCH3 is 2. The van der Waals surface area contributed by atoms with Crippen molar-refractivity contribution in [3.8, 4) is 11.5 Å². The number of ether oxygens (including phenoxy) is 2. The maximum atomic E-state index is 12.5. The molecule has 30 heavy (non-hydrogen) atoms. The molecule has 1 atom stereocenters. The number of aryl methyl sites for hydroxylation is 1. The predicted molar refractivity (Wildman–Crippen MR) is 118 cm³/mol. The first-order valence-corrected chi connectivity index (χ1v) is 9.95. The Morgan fingerprint density at radius 3 is 2.63 bits per heavy atom. The first kappa shape index (κ1) is 19.8. The Balaban J connectivity index is 1.41. The third-order valence-electron chi connectivity index (χ3n) is 5.34. The minimum atomic E-state index is -0.138. The van der Waals surface area contributed by atoms with Gasteiger partial charge < -0.3 is 19.8 Å². The van der Waals surface area contributed by atoms with Crippen molar-refractivity contribution in [1.82, 2.24) is 15.3 Å². The Labute approximate surface area is 175 Å². The molecule has 1 unspecified atom stereocenters. The van der Waals surface area contributed by atoms with E-state index < -0.39 is 0 Å². The van der Waals surface area contributed by atoms with Crippen LogP contribution in [0.15, 0.2) is 54.7 Å². The molecule has 0 spiro atoms. The summed E-state index contributed by atoms with van der Waals surface area (Å²) < 4.78 is 10.6. The summed E-state index contributed by atoms with van der Waals surface area (Å²) in [6, 6.07) is 15.8. The highest BCUT2D eigenvalue weighted by atomic mass is 16.5. The number of H-pyrrole nitrogens is 1. The van der Waals surface area contributed by atoms with Gasteiger partial charge in [-0.05, 0) is 43.2 Å². The van der Waals surface area contributed by atoms with Crippen molar-refractivity contribution < 1.29 is 14.3 Å². The number of carbonyl (C=O) groups excluding carboxylic acids is 1. The van der Waals surface area contributed by atoms with Gasteiger partial charge in [0.15, 0.2) is 11.5 Å². The molecule has 6 heteroatoms. The van der Waals surface area contributed by atoms with Crippen molar-refractivity contribution in [2.75, 3.05) is 14.2 Å². The third kappa shape index (κ3) is 3.94. The minimum absolute atomic E-state index is 0.0156. The molecule has 0 bridgehead atoms. The number of para-hydroxylation sites is 1. The largest absolute Gasteiger partial charge is 0.493 e. The van der Waals surface area contributed by atoms with Crippen molar-refractivity contribution >= 4 is 27.7 Å². The molecule has 2 N–H and O–H groups in total. The second-order valence-corrected chi connectivity index (χ2v) is 7.30. The molecule has 4 aromatic rings. The van der Waals surface area contributed by atoms with Crippen molar-refractivity contribution in [3.63, 3.8) is 0 Å². The van der Waals surface area contributed by atoms with Gasteiger partial charge in [-0.15, -0.1) is 0 Å². The maximum Gasteiger partial charge on any atom is 0.220 e. The summed E-state index contributed by atoms with van der Waals surface area (Å²) in [5, 5.41) is 5.35. The zero-order valence-corrected chi connectivity index (χ0v) is 17.4. The summed E-state index contributed by atoms with van der Waals surface area (Å²) in [5.74, 6) is 1.30. The van der Waals surface area contributed by atoms with E-state index >= 15 is 0 Å². The van der Waals surface area contributed by atoms with Crippen LogP contribution < -0.4 is 14.8 Å². The van der Waals surface area contributed by atoms with E-state index in [1.165, 1.54) is 5.39 Å². The van der Waals surface area contributed by atoms with Crippen LogP contribution in [0, 0.1) is 0 Å². The van der Waals surface area contributed by atoms with Gasteiger partial charge in [-0.25, -0.2) is 0 Å². The number of hydrogen-bond acceptors (Lipinski definition) is 4. The summed E-state index contributed by atoms with van der Waals surface area (Å²) in [6.07, 6.45) is 2.80. The molecule has 0 radical (unpaired) electrons. The summed E-state index contributed by atoms with van der Waals surface area (Å²) in [6.45, 7) is 1.95. The van der Waals surface area contributed by atoms with E-state index in [-0.39, 0.29) is 11.9 Å². The summed E-state index contributed by atoms with van der Waals surface area (Å²) in [7, 11) is 3.20. The molecule has 0 aliphatic carbocycles. The van der Waals surface area contributed by atoms with Gasteiger partial charge >= 0.3 is 0 Å². The molecule has 0 fully saturated rings. The monoisotopic (exact) mass is 403 g/mol. The minimum Gasteiger partial charge on any atom is -0.493 e. The molecule has 154 valence electrons. The van der Waals surface area contributed by atoms with Gasteiger partial charge in [0, 0.05) is 28.4 Å². The number of pyridine rings is 1. The van der Waals surface area contributed by atoms with Crippen LogP contribution in [0.25, 0.3) is 21.8 Å². The summed E-state index contributed by atoms with van der Waals surface area (Å²) in [4.78, 5) is 20.4. The lowest BCUT2D eigenvalue weighted by molar-refractivity contribution is -0.121. The van der Waals surface area contributed by atoms with Crippen molar-refractivity contribution in [2.45, 2.75) is 25.8 Å². The fourth-order valence-electron chi connectivity index (χ4n) is 3.69. The van der Waals surface area contributed by atoms with Gasteiger partial charge in [0.25, 0.3) is 0 Å². The van der Waals surface area contributed by atoms with Crippen LogP contribution in [-0.2, 0) is 11.2 Å². The number of nitrogens with zero attached hydrogens (tertiary/aromatic N) is 1. The normalized spacial score (nSPS) is 12.1. The number of rotatable bonds is 7. The highest BCUT2D eigenvalue weighted by molar-refractivity contribution is 6.06. The average Bonchev–Trinajstić information content (AvgIpc) is 3.15. The van der Waals surface area contributed by atoms with Crippen LogP contribution in [0.1, 0.15) is 30.6 Å². The maximum absolute atomic E-state index is 12.5. The van der Waals surface area contributed by atoms with Crippen LogP contribution in [-0.4, -0.2) is 30.1 Å². The fourth-order valence-corrected chi connectivity index (χ4v) is 3.69. The number of carbonyl (C=O) groups is 1. The fraction of sp³-hybridized carbons (Fsp3) is 0.250.